The van der Waals surface area contributed by atoms with E-state index in [-0.39, 0.29) is 17.7 Å². The van der Waals surface area contributed by atoms with E-state index in [0.717, 1.165) is 12.3 Å². The SMILES string of the molecule is O=C(CC(=O)c1ccco1)c1cncc(F)c1. The second-order valence-electron chi connectivity index (χ2n) is 3.39. The highest BCUT2D eigenvalue weighted by Gasteiger charge is 2.16. The molecule has 0 bridgehead atoms. The summed E-state index contributed by atoms with van der Waals surface area (Å²) in [7, 11) is 0. The van der Waals surface area contributed by atoms with Gasteiger partial charge >= 0.3 is 0 Å². The lowest BCUT2D eigenvalue weighted by molar-refractivity contribution is 0.0877. The van der Waals surface area contributed by atoms with Crippen LogP contribution >= 0.6 is 0 Å². The Hall–Kier alpha value is -2.30. The quantitative estimate of drug-likeness (QED) is 0.600. The number of pyridine rings is 1. The highest BCUT2D eigenvalue weighted by Crippen LogP contribution is 2.09. The summed E-state index contributed by atoms with van der Waals surface area (Å²) in [5.41, 5.74) is 0.0740. The zero-order chi connectivity index (χ0) is 12.3. The summed E-state index contributed by atoms with van der Waals surface area (Å²) >= 11 is 0. The van der Waals surface area contributed by atoms with Gasteiger partial charge in [-0.1, -0.05) is 0 Å². The fraction of sp³-hybridized carbons (Fsp3) is 0.0833. The van der Waals surface area contributed by atoms with Gasteiger partial charge in [-0.15, -0.1) is 0 Å². The molecule has 0 spiro atoms. The summed E-state index contributed by atoms with van der Waals surface area (Å²) in [6.45, 7) is 0. The van der Waals surface area contributed by atoms with Gasteiger partial charge in [0.2, 0.25) is 5.78 Å². The minimum Gasteiger partial charge on any atom is -0.461 e. The number of ketones is 2. The molecule has 0 aliphatic rings. The van der Waals surface area contributed by atoms with Crippen LogP contribution in [-0.2, 0) is 0 Å². The van der Waals surface area contributed by atoms with Crippen LogP contribution in [0, 0.1) is 5.82 Å². The number of hydrogen-bond acceptors (Lipinski definition) is 4. The minimum absolute atomic E-state index is 0.0740. The lowest BCUT2D eigenvalue weighted by Gasteiger charge is -1.98. The molecule has 0 atom stereocenters. The molecule has 0 radical (unpaired) electrons. The van der Waals surface area contributed by atoms with Gasteiger partial charge in [-0.05, 0) is 18.2 Å². The van der Waals surface area contributed by atoms with Gasteiger partial charge in [0.1, 0.15) is 5.82 Å². The van der Waals surface area contributed by atoms with Gasteiger partial charge in [0.25, 0.3) is 0 Å². The smallest absolute Gasteiger partial charge is 0.205 e. The predicted molar refractivity (Wildman–Crippen MR) is 56.2 cm³/mol. The number of rotatable bonds is 4. The monoisotopic (exact) mass is 233 g/mol. The van der Waals surface area contributed by atoms with E-state index in [9.17, 15) is 14.0 Å². The fourth-order valence-corrected chi connectivity index (χ4v) is 1.34. The summed E-state index contributed by atoms with van der Waals surface area (Å²) in [5.74, 6) is -1.42. The van der Waals surface area contributed by atoms with E-state index in [0.29, 0.717) is 0 Å². The summed E-state index contributed by atoms with van der Waals surface area (Å²) in [6, 6.07) is 4.08. The average Bonchev–Trinajstić information content (AvgIpc) is 2.82. The van der Waals surface area contributed by atoms with E-state index in [1.165, 1.54) is 18.5 Å². The van der Waals surface area contributed by atoms with Gasteiger partial charge in [0.15, 0.2) is 11.5 Å². The van der Waals surface area contributed by atoms with Gasteiger partial charge in [0, 0.05) is 11.8 Å². The molecule has 0 unspecified atom stereocenters. The van der Waals surface area contributed by atoms with Crippen molar-refractivity contribution in [3.8, 4) is 0 Å². The van der Waals surface area contributed by atoms with Crippen molar-refractivity contribution in [1.82, 2.24) is 4.98 Å². The van der Waals surface area contributed by atoms with Gasteiger partial charge < -0.3 is 4.42 Å². The molecule has 0 amide bonds. The molecular weight excluding hydrogens is 225 g/mol. The van der Waals surface area contributed by atoms with Crippen molar-refractivity contribution in [3.05, 3.63) is 54.0 Å². The number of carbonyl (C=O) groups excluding carboxylic acids is 2. The topological polar surface area (TPSA) is 60.2 Å². The van der Waals surface area contributed by atoms with Crippen molar-refractivity contribution in [1.29, 1.82) is 0 Å². The van der Waals surface area contributed by atoms with Crippen molar-refractivity contribution >= 4 is 11.6 Å². The molecule has 4 nitrogen and oxygen atoms in total. The Morgan fingerprint density at radius 3 is 2.76 bits per heavy atom. The van der Waals surface area contributed by atoms with E-state index < -0.39 is 17.4 Å². The molecule has 5 heteroatoms. The highest BCUT2D eigenvalue weighted by atomic mass is 19.1. The first-order valence-electron chi connectivity index (χ1n) is 4.87. The van der Waals surface area contributed by atoms with E-state index in [2.05, 4.69) is 4.98 Å². The molecular formula is C12H8FNO3. The van der Waals surface area contributed by atoms with E-state index in [1.54, 1.807) is 6.07 Å². The van der Waals surface area contributed by atoms with Crippen LogP contribution < -0.4 is 0 Å². The number of Topliss-reactive ketones (excluding diaryl/α,β-unsaturated/α-hetero) is 2. The standard InChI is InChI=1S/C12H8FNO3/c13-9-4-8(6-14-7-9)10(15)5-11(16)12-2-1-3-17-12/h1-4,6-7H,5H2. The predicted octanol–water partition coefficient (Wildman–Crippen LogP) is 2.27. The summed E-state index contributed by atoms with van der Waals surface area (Å²) in [4.78, 5) is 26.7. The first-order chi connectivity index (χ1) is 8.16. The van der Waals surface area contributed by atoms with Crippen molar-refractivity contribution in [2.24, 2.45) is 0 Å². The molecule has 2 aromatic heterocycles. The third kappa shape index (κ3) is 2.63. The lowest BCUT2D eigenvalue weighted by atomic mass is 10.1. The Labute approximate surface area is 96.1 Å². The van der Waals surface area contributed by atoms with Crippen molar-refractivity contribution in [2.75, 3.05) is 0 Å². The normalized spacial score (nSPS) is 10.2. The van der Waals surface area contributed by atoms with Gasteiger partial charge in [-0.2, -0.15) is 0 Å². The van der Waals surface area contributed by atoms with Gasteiger partial charge in [-0.25, -0.2) is 4.39 Å². The number of halogens is 1. The minimum atomic E-state index is -0.610. The second-order valence-corrected chi connectivity index (χ2v) is 3.39. The molecule has 0 N–H and O–H groups in total. The lowest BCUT2D eigenvalue weighted by Crippen LogP contribution is -2.08. The van der Waals surface area contributed by atoms with Crippen LogP contribution in [0.4, 0.5) is 4.39 Å². The fourth-order valence-electron chi connectivity index (χ4n) is 1.34. The molecule has 0 fully saturated rings. The van der Waals surface area contributed by atoms with Crippen LogP contribution in [0.15, 0.2) is 41.3 Å². The number of aromatic nitrogens is 1. The second kappa shape index (κ2) is 4.69. The maximum atomic E-state index is 12.8. The third-order valence-corrected chi connectivity index (χ3v) is 2.14. The molecule has 17 heavy (non-hydrogen) atoms. The van der Waals surface area contributed by atoms with Crippen LogP contribution in [0.25, 0.3) is 0 Å². The van der Waals surface area contributed by atoms with E-state index in [1.807, 2.05) is 0 Å². The molecule has 0 saturated carbocycles. The largest absolute Gasteiger partial charge is 0.461 e. The molecule has 2 heterocycles. The zero-order valence-corrected chi connectivity index (χ0v) is 8.72. The summed E-state index contributed by atoms with van der Waals surface area (Å²) in [6.07, 6.45) is 3.20. The van der Waals surface area contributed by atoms with Crippen LogP contribution in [0.1, 0.15) is 27.3 Å². The van der Waals surface area contributed by atoms with Gasteiger partial charge in [-0.3, -0.25) is 14.6 Å². The van der Waals surface area contributed by atoms with Crippen molar-refractivity contribution in [2.45, 2.75) is 6.42 Å². The van der Waals surface area contributed by atoms with Gasteiger partial charge in [0.05, 0.1) is 18.9 Å². The number of furan rings is 1. The van der Waals surface area contributed by atoms with E-state index in [4.69, 9.17) is 4.42 Å². The highest BCUT2D eigenvalue weighted by molar-refractivity contribution is 6.12. The first-order valence-corrected chi connectivity index (χ1v) is 4.87. The van der Waals surface area contributed by atoms with E-state index >= 15 is 0 Å². The number of hydrogen-bond donors (Lipinski definition) is 0. The number of carbonyl (C=O) groups is 2. The van der Waals surface area contributed by atoms with Crippen molar-refractivity contribution < 1.29 is 18.4 Å². The Kier molecular flexibility index (Phi) is 3.09. The Morgan fingerprint density at radius 2 is 2.12 bits per heavy atom. The molecule has 0 aliphatic carbocycles. The van der Waals surface area contributed by atoms with Crippen LogP contribution in [-0.4, -0.2) is 16.6 Å². The maximum absolute atomic E-state index is 12.8. The molecule has 0 aliphatic heterocycles. The van der Waals surface area contributed by atoms with Crippen LogP contribution in [0.5, 0.6) is 0 Å². The average molecular weight is 233 g/mol. The molecule has 2 rings (SSSR count). The Bertz CT molecular complexity index is 549. The maximum Gasteiger partial charge on any atom is 0.205 e. The first kappa shape index (κ1) is 11.2. The van der Waals surface area contributed by atoms with Crippen LogP contribution in [0.2, 0.25) is 0 Å². The summed E-state index contributed by atoms with van der Waals surface area (Å²) < 4.78 is 17.7. The third-order valence-electron chi connectivity index (χ3n) is 2.14. The molecule has 2 aromatic rings. The molecule has 0 aromatic carbocycles. The Morgan fingerprint density at radius 1 is 1.29 bits per heavy atom. The summed E-state index contributed by atoms with van der Waals surface area (Å²) in [5, 5.41) is 0. The number of nitrogens with zero attached hydrogens (tertiary/aromatic N) is 1. The molecule has 0 saturated heterocycles. The van der Waals surface area contributed by atoms with Crippen LogP contribution in [0.3, 0.4) is 0 Å². The van der Waals surface area contributed by atoms with Crippen molar-refractivity contribution in [3.63, 3.8) is 0 Å². The Balaban J connectivity index is 2.10. The molecule has 86 valence electrons. The zero-order valence-electron chi connectivity index (χ0n) is 8.72.